The van der Waals surface area contributed by atoms with Gasteiger partial charge < -0.3 is 14.8 Å². The summed E-state index contributed by atoms with van der Waals surface area (Å²) in [6, 6.07) is 7.51. The van der Waals surface area contributed by atoms with E-state index in [2.05, 4.69) is 10.3 Å². The smallest absolute Gasteiger partial charge is 0.340 e. The molecular formula is C27H32N2O5. The Morgan fingerprint density at radius 1 is 1.03 bits per heavy atom. The van der Waals surface area contributed by atoms with Crippen LogP contribution in [-0.2, 0) is 25.7 Å². The van der Waals surface area contributed by atoms with Gasteiger partial charge in [-0.15, -0.1) is 0 Å². The molecule has 34 heavy (non-hydrogen) atoms. The van der Waals surface area contributed by atoms with Crippen LogP contribution >= 0.6 is 0 Å². The molecule has 2 aromatic rings. The molecule has 4 bridgehead atoms. The van der Waals surface area contributed by atoms with Crippen LogP contribution in [0.3, 0.4) is 0 Å². The number of hydrogen-bond donors (Lipinski definition) is 1. The van der Waals surface area contributed by atoms with Crippen LogP contribution in [-0.4, -0.2) is 36.0 Å². The number of nitrogens with one attached hydrogen (secondary N) is 1. The summed E-state index contributed by atoms with van der Waals surface area (Å²) in [7, 11) is 0. The first kappa shape index (κ1) is 22.8. The molecule has 0 radical (unpaired) electrons. The van der Waals surface area contributed by atoms with Crippen LogP contribution in [0.15, 0.2) is 24.3 Å². The molecule has 0 spiro atoms. The van der Waals surface area contributed by atoms with Crippen LogP contribution in [0.25, 0.3) is 10.9 Å². The highest BCUT2D eigenvalue weighted by molar-refractivity contribution is 5.98. The second kappa shape index (κ2) is 9.01. The summed E-state index contributed by atoms with van der Waals surface area (Å²) in [4.78, 5) is 42.8. The van der Waals surface area contributed by atoms with Gasteiger partial charge in [0.2, 0.25) is 5.91 Å². The molecule has 6 rings (SSSR count). The van der Waals surface area contributed by atoms with Gasteiger partial charge in [0.1, 0.15) is 13.2 Å². The first-order valence-electron chi connectivity index (χ1n) is 12.4. The standard InChI is InChI=1S/C27H32N2O5/c1-3-33-25(31)24-16(2)20-6-4-5-7-21(20)29-22(24)15-34-23(30)14-28-26(32)27-11-17-8-18(12-27)10-19(9-17)13-27/h4-7,17-19H,3,8-15H2,1-2H3,(H,28,32). The van der Waals surface area contributed by atoms with Crippen molar-refractivity contribution in [2.45, 2.75) is 59.0 Å². The number of carbonyl (C=O) groups excluding carboxylic acids is 3. The summed E-state index contributed by atoms with van der Waals surface area (Å²) < 4.78 is 10.7. The van der Waals surface area contributed by atoms with E-state index in [1.807, 2.05) is 31.2 Å². The number of fused-ring (bicyclic) bond motifs is 1. The van der Waals surface area contributed by atoms with Crippen LogP contribution in [0.2, 0.25) is 0 Å². The summed E-state index contributed by atoms with van der Waals surface area (Å²) in [6.45, 7) is 3.48. The maximum Gasteiger partial charge on any atom is 0.340 e. The predicted octanol–water partition coefficient (Wildman–Crippen LogP) is 4.10. The Morgan fingerprint density at radius 2 is 1.68 bits per heavy atom. The topological polar surface area (TPSA) is 94.6 Å². The first-order chi connectivity index (χ1) is 16.4. The highest BCUT2D eigenvalue weighted by Crippen LogP contribution is 2.60. The Labute approximate surface area is 199 Å². The number of rotatable bonds is 7. The monoisotopic (exact) mass is 464 g/mol. The Morgan fingerprint density at radius 3 is 2.32 bits per heavy atom. The zero-order valence-corrected chi connectivity index (χ0v) is 19.9. The number of esters is 2. The largest absolute Gasteiger partial charge is 0.462 e. The summed E-state index contributed by atoms with van der Waals surface area (Å²) in [5.74, 6) is 0.947. The van der Waals surface area contributed by atoms with E-state index in [1.165, 1.54) is 19.3 Å². The van der Waals surface area contributed by atoms with Gasteiger partial charge >= 0.3 is 11.9 Å². The van der Waals surface area contributed by atoms with Gasteiger partial charge in [-0.3, -0.25) is 9.59 Å². The molecule has 0 unspecified atom stereocenters. The Hall–Kier alpha value is -2.96. The summed E-state index contributed by atoms with van der Waals surface area (Å²) >= 11 is 0. The van der Waals surface area contributed by atoms with E-state index >= 15 is 0 Å². The SMILES string of the molecule is CCOC(=O)c1c(COC(=O)CNC(=O)C23CC4CC(CC(C4)C2)C3)nc2ccccc2c1C. The van der Waals surface area contributed by atoms with E-state index in [0.717, 1.165) is 30.2 Å². The number of hydrogen-bond acceptors (Lipinski definition) is 6. The molecular weight excluding hydrogens is 432 g/mol. The number of nitrogens with zero attached hydrogens (tertiary/aromatic N) is 1. The number of carbonyl (C=O) groups is 3. The van der Waals surface area contributed by atoms with Gasteiger partial charge in [0.05, 0.1) is 23.4 Å². The van der Waals surface area contributed by atoms with Crippen LogP contribution < -0.4 is 5.32 Å². The third kappa shape index (κ3) is 4.17. The quantitative estimate of drug-likeness (QED) is 0.620. The minimum Gasteiger partial charge on any atom is -0.462 e. The second-order valence-electron chi connectivity index (χ2n) is 10.3. The second-order valence-corrected chi connectivity index (χ2v) is 10.3. The number of ether oxygens (including phenoxy) is 2. The fourth-order valence-electron chi connectivity index (χ4n) is 6.95. The minimum absolute atomic E-state index is 0.00422. The summed E-state index contributed by atoms with van der Waals surface area (Å²) in [6.07, 6.45) is 6.62. The number of aryl methyl sites for hydroxylation is 1. The van der Waals surface area contributed by atoms with Gasteiger partial charge in [-0.05, 0) is 81.8 Å². The molecule has 1 heterocycles. The zero-order valence-electron chi connectivity index (χ0n) is 19.9. The average molecular weight is 465 g/mol. The van der Waals surface area contributed by atoms with Crippen molar-refractivity contribution in [3.05, 3.63) is 41.1 Å². The fraction of sp³-hybridized carbons (Fsp3) is 0.556. The van der Waals surface area contributed by atoms with Crippen molar-refractivity contribution in [3.8, 4) is 0 Å². The van der Waals surface area contributed by atoms with Crippen LogP contribution in [0.5, 0.6) is 0 Å². The lowest BCUT2D eigenvalue weighted by atomic mass is 9.49. The molecule has 4 fully saturated rings. The van der Waals surface area contributed by atoms with Crippen LogP contribution in [0.1, 0.15) is 67.1 Å². The average Bonchev–Trinajstić information content (AvgIpc) is 2.80. The van der Waals surface area contributed by atoms with Gasteiger partial charge in [0.25, 0.3) is 0 Å². The van der Waals surface area contributed by atoms with E-state index in [1.54, 1.807) is 6.92 Å². The highest BCUT2D eigenvalue weighted by Gasteiger charge is 2.54. The molecule has 4 aliphatic rings. The lowest BCUT2D eigenvalue weighted by molar-refractivity contribution is -0.151. The van der Waals surface area contributed by atoms with Crippen molar-refractivity contribution in [2.24, 2.45) is 23.2 Å². The molecule has 1 N–H and O–H groups in total. The third-order valence-electron chi connectivity index (χ3n) is 7.99. The van der Waals surface area contributed by atoms with Gasteiger partial charge in [-0.2, -0.15) is 0 Å². The van der Waals surface area contributed by atoms with Crippen LogP contribution in [0, 0.1) is 30.1 Å². The number of benzene rings is 1. The Bertz CT molecular complexity index is 1110. The molecule has 1 aromatic heterocycles. The molecule has 180 valence electrons. The van der Waals surface area contributed by atoms with E-state index in [-0.39, 0.29) is 31.1 Å². The maximum atomic E-state index is 13.1. The number of amides is 1. The van der Waals surface area contributed by atoms with E-state index < -0.39 is 11.9 Å². The number of para-hydroxylation sites is 1. The zero-order chi connectivity index (χ0) is 23.9. The van der Waals surface area contributed by atoms with Crippen molar-refractivity contribution in [1.29, 1.82) is 0 Å². The Balaban J connectivity index is 1.25. The van der Waals surface area contributed by atoms with Crippen LogP contribution in [0.4, 0.5) is 0 Å². The minimum atomic E-state index is -0.541. The number of aromatic nitrogens is 1. The van der Waals surface area contributed by atoms with Crippen molar-refractivity contribution in [2.75, 3.05) is 13.2 Å². The lowest BCUT2D eigenvalue weighted by Crippen LogP contribution is -2.54. The van der Waals surface area contributed by atoms with E-state index in [9.17, 15) is 14.4 Å². The van der Waals surface area contributed by atoms with Gasteiger partial charge in [0, 0.05) is 10.8 Å². The van der Waals surface area contributed by atoms with Gasteiger partial charge in [0.15, 0.2) is 0 Å². The van der Waals surface area contributed by atoms with Gasteiger partial charge in [-0.1, -0.05) is 18.2 Å². The molecule has 0 atom stereocenters. The van der Waals surface area contributed by atoms with E-state index in [4.69, 9.17) is 9.47 Å². The highest BCUT2D eigenvalue weighted by atomic mass is 16.5. The van der Waals surface area contributed by atoms with Gasteiger partial charge in [-0.25, -0.2) is 9.78 Å². The molecule has 1 aromatic carbocycles. The number of pyridine rings is 1. The lowest BCUT2D eigenvalue weighted by Gasteiger charge is -2.55. The first-order valence-corrected chi connectivity index (χ1v) is 12.4. The molecule has 0 saturated heterocycles. The molecule has 4 saturated carbocycles. The summed E-state index contributed by atoms with van der Waals surface area (Å²) in [5, 5.41) is 3.70. The van der Waals surface area contributed by atoms with Crippen molar-refractivity contribution < 1.29 is 23.9 Å². The Kier molecular flexibility index (Phi) is 6.04. The molecule has 7 heteroatoms. The molecule has 7 nitrogen and oxygen atoms in total. The molecule has 4 aliphatic carbocycles. The summed E-state index contributed by atoms with van der Waals surface area (Å²) in [5.41, 5.74) is 1.84. The predicted molar refractivity (Wildman–Crippen MR) is 126 cm³/mol. The van der Waals surface area contributed by atoms with Crippen molar-refractivity contribution in [3.63, 3.8) is 0 Å². The normalized spacial score (nSPS) is 26.9. The molecule has 1 amide bonds. The van der Waals surface area contributed by atoms with Crippen molar-refractivity contribution >= 4 is 28.7 Å². The third-order valence-corrected chi connectivity index (χ3v) is 7.99. The fourth-order valence-corrected chi connectivity index (χ4v) is 6.95. The maximum absolute atomic E-state index is 13.1. The van der Waals surface area contributed by atoms with E-state index in [0.29, 0.717) is 34.5 Å². The molecule has 0 aliphatic heterocycles. The van der Waals surface area contributed by atoms with Crippen molar-refractivity contribution in [1.82, 2.24) is 10.3 Å².